The highest BCUT2D eigenvalue weighted by Crippen LogP contribution is 2.38. The number of aromatic nitrogens is 3. The van der Waals surface area contributed by atoms with E-state index >= 15 is 0 Å². The number of benzene rings is 1. The largest absolute Gasteiger partial charge is 0.484 e. The minimum atomic E-state index is -0.541. The summed E-state index contributed by atoms with van der Waals surface area (Å²) in [6.45, 7) is 3.80. The van der Waals surface area contributed by atoms with E-state index in [2.05, 4.69) is 19.9 Å². The van der Waals surface area contributed by atoms with Crippen LogP contribution in [0.1, 0.15) is 54.4 Å². The number of anilines is 2. The second-order valence-corrected chi connectivity index (χ2v) is 10.3. The Bertz CT molecular complexity index is 1270. The Kier molecular flexibility index (Phi) is 7.18. The summed E-state index contributed by atoms with van der Waals surface area (Å²) in [4.78, 5) is 15.6. The van der Waals surface area contributed by atoms with Crippen molar-refractivity contribution >= 4 is 34.8 Å². The molecule has 1 aliphatic carbocycles. The second kappa shape index (κ2) is 10.7. The van der Waals surface area contributed by atoms with Crippen LogP contribution in [0.5, 0.6) is 5.75 Å². The number of thioether (sulfide) groups is 1. The summed E-state index contributed by atoms with van der Waals surface area (Å²) in [5.41, 5.74) is 7.97. The minimum Gasteiger partial charge on any atom is -0.484 e. The first-order valence-electron chi connectivity index (χ1n) is 12.1. The lowest BCUT2D eigenvalue weighted by molar-refractivity contribution is 0.221. The van der Waals surface area contributed by atoms with Crippen molar-refractivity contribution in [2.75, 3.05) is 35.2 Å². The number of nitrogens with zero attached hydrogens (tertiary/aromatic N) is 4. The molecule has 36 heavy (non-hydrogen) atoms. The fourth-order valence-corrected chi connectivity index (χ4v) is 4.96. The molecule has 1 atom stereocenters. The molecule has 9 heteroatoms. The Hall–Kier alpha value is -3.46. The third-order valence-corrected chi connectivity index (χ3v) is 7.25. The number of nitrogens with one attached hydrogen (secondary N) is 1. The van der Waals surface area contributed by atoms with Crippen LogP contribution in [-0.2, 0) is 0 Å². The molecular weight excluding hydrogens is 475 g/mol. The van der Waals surface area contributed by atoms with Crippen LogP contribution in [0.25, 0.3) is 5.83 Å². The Morgan fingerprint density at radius 1 is 1.19 bits per heavy atom. The van der Waals surface area contributed by atoms with Crippen molar-refractivity contribution in [2.24, 2.45) is 0 Å². The van der Waals surface area contributed by atoms with Gasteiger partial charge in [-0.25, -0.2) is 19.3 Å². The predicted molar refractivity (Wildman–Crippen MR) is 144 cm³/mol. The van der Waals surface area contributed by atoms with E-state index in [1.807, 2.05) is 30.8 Å². The average Bonchev–Trinajstić information content (AvgIpc) is 3.76. The van der Waals surface area contributed by atoms with E-state index in [0.29, 0.717) is 28.5 Å². The maximum atomic E-state index is 15.0. The van der Waals surface area contributed by atoms with Gasteiger partial charge in [0, 0.05) is 65.8 Å². The zero-order valence-corrected chi connectivity index (χ0v) is 21.0. The number of ether oxygens (including phenoxy) is 1. The molecule has 7 nitrogen and oxygen atoms in total. The molecule has 1 aromatic carbocycles. The fraction of sp³-hybridized carbons (Fsp3) is 0.333. The summed E-state index contributed by atoms with van der Waals surface area (Å²) in [6.07, 6.45) is 6.39. The standard InChI is InChI=1S/C27H29FN6OS/c1-17(25-8-9-31-27(33-25)18-2-3-18)35-20-5-6-23(29)21(14-20)24(30)15-22(28)19-4-7-26(32-16-19)34-10-12-36-13-11-34/h4-9,14-18,30H,2-3,10-13,29H2,1H3/b22-15-,30-24?. The average molecular weight is 505 g/mol. The van der Waals surface area contributed by atoms with Gasteiger partial charge in [-0.15, -0.1) is 0 Å². The van der Waals surface area contributed by atoms with E-state index in [-0.39, 0.29) is 11.8 Å². The quantitative estimate of drug-likeness (QED) is 0.313. The summed E-state index contributed by atoms with van der Waals surface area (Å²) >= 11 is 1.93. The van der Waals surface area contributed by atoms with E-state index in [4.69, 9.17) is 15.9 Å². The third-order valence-electron chi connectivity index (χ3n) is 6.31. The zero-order chi connectivity index (χ0) is 25.1. The monoisotopic (exact) mass is 504 g/mol. The smallest absolute Gasteiger partial charge is 0.138 e. The Balaban J connectivity index is 1.28. The van der Waals surface area contributed by atoms with Crippen LogP contribution < -0.4 is 15.4 Å². The highest BCUT2D eigenvalue weighted by molar-refractivity contribution is 7.99. The first kappa shape index (κ1) is 24.2. The molecule has 1 aliphatic heterocycles. The lowest BCUT2D eigenvalue weighted by Gasteiger charge is -2.27. The number of nitrogen functional groups attached to an aromatic ring is 1. The Morgan fingerprint density at radius 3 is 2.72 bits per heavy atom. The van der Waals surface area contributed by atoms with Crippen molar-refractivity contribution in [3.05, 3.63) is 77.5 Å². The predicted octanol–water partition coefficient (Wildman–Crippen LogP) is 5.40. The molecule has 5 rings (SSSR count). The van der Waals surface area contributed by atoms with Crippen LogP contribution in [0.2, 0.25) is 0 Å². The third kappa shape index (κ3) is 5.67. The molecule has 1 unspecified atom stereocenters. The van der Waals surface area contributed by atoms with Gasteiger partial charge in [-0.05, 0) is 56.2 Å². The van der Waals surface area contributed by atoms with E-state index in [1.54, 1.807) is 30.5 Å². The molecule has 1 saturated carbocycles. The fourth-order valence-electron chi connectivity index (χ4n) is 4.05. The van der Waals surface area contributed by atoms with Crippen molar-refractivity contribution in [2.45, 2.75) is 31.8 Å². The van der Waals surface area contributed by atoms with Crippen molar-refractivity contribution in [1.82, 2.24) is 15.0 Å². The lowest BCUT2D eigenvalue weighted by Crippen LogP contribution is -2.32. The van der Waals surface area contributed by atoms with Crippen LogP contribution in [0.15, 0.2) is 54.9 Å². The topological polar surface area (TPSA) is 101 Å². The summed E-state index contributed by atoms with van der Waals surface area (Å²) in [7, 11) is 0. The van der Waals surface area contributed by atoms with Gasteiger partial charge >= 0.3 is 0 Å². The number of hydrogen-bond donors (Lipinski definition) is 2. The molecule has 3 heterocycles. The van der Waals surface area contributed by atoms with Gasteiger partial charge in [0.25, 0.3) is 0 Å². The van der Waals surface area contributed by atoms with E-state index < -0.39 is 5.83 Å². The van der Waals surface area contributed by atoms with Crippen LogP contribution in [0.4, 0.5) is 15.9 Å². The van der Waals surface area contributed by atoms with Crippen molar-refractivity contribution in [1.29, 1.82) is 5.41 Å². The van der Waals surface area contributed by atoms with E-state index in [0.717, 1.165) is 54.8 Å². The van der Waals surface area contributed by atoms with Crippen LogP contribution in [0.3, 0.4) is 0 Å². The van der Waals surface area contributed by atoms with Crippen molar-refractivity contribution in [3.8, 4) is 5.75 Å². The summed E-state index contributed by atoms with van der Waals surface area (Å²) in [5.74, 6) is 4.29. The number of allylic oxidation sites excluding steroid dienone is 1. The SMILES string of the molecule is CC(Oc1ccc(N)c(C(=N)/C=C(\F)c2ccc(N3CCSCC3)nc2)c1)c1ccnc(C2CC2)n1. The molecule has 2 fully saturated rings. The lowest BCUT2D eigenvalue weighted by atomic mass is 10.1. The highest BCUT2D eigenvalue weighted by Gasteiger charge is 2.27. The molecule has 3 aromatic rings. The molecular formula is C27H29FN6OS. The van der Waals surface area contributed by atoms with Crippen molar-refractivity contribution in [3.63, 3.8) is 0 Å². The number of nitrogens with two attached hydrogens (primary N) is 1. The molecule has 2 aromatic heterocycles. The molecule has 0 amide bonds. The van der Waals surface area contributed by atoms with Gasteiger partial charge in [0.2, 0.25) is 0 Å². The van der Waals surface area contributed by atoms with E-state index in [9.17, 15) is 4.39 Å². The zero-order valence-electron chi connectivity index (χ0n) is 20.2. The van der Waals surface area contributed by atoms with Gasteiger partial charge in [0.05, 0.1) is 11.4 Å². The number of rotatable bonds is 8. The van der Waals surface area contributed by atoms with Crippen LogP contribution in [0, 0.1) is 5.41 Å². The van der Waals surface area contributed by atoms with Crippen LogP contribution >= 0.6 is 11.8 Å². The highest BCUT2D eigenvalue weighted by atomic mass is 32.2. The second-order valence-electron chi connectivity index (χ2n) is 9.03. The van der Waals surface area contributed by atoms with Gasteiger partial charge in [0.15, 0.2) is 0 Å². The number of pyridine rings is 1. The summed E-state index contributed by atoms with van der Waals surface area (Å²) in [5, 5.41) is 8.47. The first-order valence-corrected chi connectivity index (χ1v) is 13.3. The Morgan fingerprint density at radius 2 is 2.00 bits per heavy atom. The summed E-state index contributed by atoms with van der Waals surface area (Å²) < 4.78 is 21.1. The molecule has 186 valence electrons. The number of hydrogen-bond acceptors (Lipinski definition) is 8. The van der Waals surface area contributed by atoms with Gasteiger partial charge in [0.1, 0.15) is 29.3 Å². The van der Waals surface area contributed by atoms with Crippen molar-refractivity contribution < 1.29 is 9.13 Å². The molecule has 0 bridgehead atoms. The van der Waals surface area contributed by atoms with Gasteiger partial charge < -0.3 is 20.8 Å². The molecule has 0 spiro atoms. The molecule has 1 saturated heterocycles. The molecule has 2 aliphatic rings. The van der Waals surface area contributed by atoms with Gasteiger partial charge in [-0.3, -0.25) is 0 Å². The van der Waals surface area contributed by atoms with Crippen LogP contribution in [-0.4, -0.2) is 45.3 Å². The maximum absolute atomic E-state index is 15.0. The normalized spacial score (nSPS) is 17.1. The summed E-state index contributed by atoms with van der Waals surface area (Å²) in [6, 6.07) is 10.4. The van der Waals surface area contributed by atoms with Gasteiger partial charge in [-0.2, -0.15) is 11.8 Å². The minimum absolute atomic E-state index is 0.0432. The Labute approximate surface area is 214 Å². The molecule has 0 radical (unpaired) electrons. The van der Waals surface area contributed by atoms with Gasteiger partial charge in [-0.1, -0.05) is 0 Å². The molecule has 3 N–H and O–H groups in total. The number of halogens is 1. The first-order chi connectivity index (χ1) is 17.5. The maximum Gasteiger partial charge on any atom is 0.138 e. The van der Waals surface area contributed by atoms with E-state index in [1.165, 1.54) is 12.3 Å².